The minimum Gasteiger partial charge on any atom is -0.454 e. The first-order chi connectivity index (χ1) is 19.0. The Morgan fingerprint density at radius 1 is 0.795 bits per heavy atom. The zero-order chi connectivity index (χ0) is 26.9. The molecule has 4 heterocycles. The maximum atomic E-state index is 12.3. The predicted octanol–water partition coefficient (Wildman–Crippen LogP) is 3.38. The monoisotopic (exact) mass is 531 g/mol. The third-order valence-corrected chi connectivity index (χ3v) is 7.92. The van der Waals surface area contributed by atoms with Gasteiger partial charge in [-0.3, -0.25) is 15.0 Å². The molecule has 0 unspecified atom stereocenters. The molecule has 0 saturated carbocycles. The van der Waals surface area contributed by atoms with E-state index in [0.29, 0.717) is 37.8 Å². The average molecular weight is 532 g/mol. The molecule has 0 spiro atoms. The second-order valence-electron chi connectivity index (χ2n) is 10.3. The van der Waals surface area contributed by atoms with Crippen molar-refractivity contribution in [2.75, 3.05) is 73.9 Å². The molecule has 0 aliphatic carbocycles. The summed E-state index contributed by atoms with van der Waals surface area (Å²) in [5.74, 6) is 2.38. The maximum absolute atomic E-state index is 12.3. The quantitative estimate of drug-likeness (QED) is 0.348. The number of fused-ring (bicyclic) bond motifs is 1. The summed E-state index contributed by atoms with van der Waals surface area (Å²) in [6.07, 6.45) is 1.46. The summed E-state index contributed by atoms with van der Waals surface area (Å²) in [5.41, 5.74) is 4.89. The van der Waals surface area contributed by atoms with Gasteiger partial charge in [0.05, 0.1) is 4.92 Å². The molecule has 2 saturated heterocycles. The highest BCUT2D eigenvalue weighted by atomic mass is 16.7. The Hall–Kier alpha value is -4.12. The average Bonchev–Trinajstić information content (AvgIpc) is 3.43. The van der Waals surface area contributed by atoms with Crippen LogP contribution >= 0.6 is 0 Å². The molecule has 0 radical (unpaired) electrons. The first-order valence-electron chi connectivity index (χ1n) is 13.4. The van der Waals surface area contributed by atoms with E-state index in [1.807, 2.05) is 21.9 Å². The number of aromatic nitrogens is 2. The topological polar surface area (TPSA) is 100 Å². The number of aryl methyl sites for hydroxylation is 2. The number of ether oxygens (including phenoxy) is 2. The molecule has 3 aliphatic heterocycles. The highest BCUT2D eigenvalue weighted by Crippen LogP contribution is 2.36. The van der Waals surface area contributed by atoms with Gasteiger partial charge >= 0.3 is 5.69 Å². The zero-order valence-electron chi connectivity index (χ0n) is 22.4. The van der Waals surface area contributed by atoms with Gasteiger partial charge < -0.3 is 24.2 Å². The number of benzene rings is 2. The molecular formula is C28H33N7O4. The lowest BCUT2D eigenvalue weighted by molar-refractivity contribution is -0.383. The highest BCUT2D eigenvalue weighted by Gasteiger charge is 2.33. The van der Waals surface area contributed by atoms with Crippen LogP contribution in [0.15, 0.2) is 42.7 Å². The van der Waals surface area contributed by atoms with E-state index in [-0.39, 0.29) is 17.4 Å². The Labute approximate surface area is 227 Å². The number of nitrogens with zero attached hydrogens (tertiary/aromatic N) is 7. The number of rotatable bonds is 6. The molecule has 6 rings (SSSR count). The summed E-state index contributed by atoms with van der Waals surface area (Å²) in [7, 11) is 0. The smallest absolute Gasteiger partial charge is 0.353 e. The van der Waals surface area contributed by atoms with E-state index in [4.69, 9.17) is 9.47 Å². The fourth-order valence-electron chi connectivity index (χ4n) is 5.50. The van der Waals surface area contributed by atoms with Crippen LogP contribution in [0.1, 0.15) is 16.7 Å². The first kappa shape index (κ1) is 25.2. The van der Waals surface area contributed by atoms with Gasteiger partial charge in [-0.15, -0.1) is 0 Å². The standard InChI is InChI=1S/C28H33N7O4/c1-20-3-5-23(15-21(20)2)32-11-13-34(14-12-32)28-26(35(36)37)27(29-18-30-28)33-9-7-31(8-10-33)17-22-4-6-24-25(16-22)39-19-38-24/h3-6,15-16,18H,7-14,17,19H2,1-2H3. The Morgan fingerprint density at radius 2 is 1.44 bits per heavy atom. The van der Waals surface area contributed by atoms with Crippen LogP contribution in [0.25, 0.3) is 0 Å². The van der Waals surface area contributed by atoms with Crippen molar-refractivity contribution in [2.24, 2.45) is 0 Å². The van der Waals surface area contributed by atoms with Crippen molar-refractivity contribution < 1.29 is 14.4 Å². The van der Waals surface area contributed by atoms with Crippen molar-refractivity contribution in [3.05, 3.63) is 69.5 Å². The minimum atomic E-state index is -0.320. The summed E-state index contributed by atoms with van der Waals surface area (Å²) in [4.78, 5) is 29.5. The molecule has 3 aliphatic rings. The van der Waals surface area contributed by atoms with E-state index >= 15 is 0 Å². The van der Waals surface area contributed by atoms with Crippen molar-refractivity contribution in [1.29, 1.82) is 0 Å². The van der Waals surface area contributed by atoms with E-state index in [2.05, 4.69) is 57.9 Å². The van der Waals surface area contributed by atoms with Crippen molar-refractivity contribution in [3.8, 4) is 11.5 Å². The van der Waals surface area contributed by atoms with E-state index in [1.54, 1.807) is 0 Å². The normalized spacial score (nSPS) is 17.5. The lowest BCUT2D eigenvalue weighted by Crippen LogP contribution is -2.48. The Balaban J connectivity index is 1.12. The first-order valence-corrected chi connectivity index (χ1v) is 13.4. The second-order valence-corrected chi connectivity index (χ2v) is 10.3. The van der Waals surface area contributed by atoms with Crippen molar-refractivity contribution in [3.63, 3.8) is 0 Å². The Morgan fingerprint density at radius 3 is 2.10 bits per heavy atom. The lowest BCUT2D eigenvalue weighted by Gasteiger charge is -2.37. The summed E-state index contributed by atoms with van der Waals surface area (Å²) >= 11 is 0. The van der Waals surface area contributed by atoms with Gasteiger partial charge in [0.15, 0.2) is 11.5 Å². The molecule has 0 bridgehead atoms. The Bertz CT molecular complexity index is 1370. The molecule has 0 amide bonds. The molecule has 0 N–H and O–H groups in total. The molecule has 2 aromatic carbocycles. The molecule has 39 heavy (non-hydrogen) atoms. The summed E-state index contributed by atoms with van der Waals surface area (Å²) < 4.78 is 10.9. The van der Waals surface area contributed by atoms with Crippen LogP contribution < -0.4 is 24.2 Å². The van der Waals surface area contributed by atoms with Gasteiger partial charge in [-0.2, -0.15) is 0 Å². The van der Waals surface area contributed by atoms with Crippen molar-refractivity contribution in [2.45, 2.75) is 20.4 Å². The molecule has 0 atom stereocenters. The van der Waals surface area contributed by atoms with E-state index in [9.17, 15) is 10.1 Å². The molecule has 204 valence electrons. The number of anilines is 3. The predicted molar refractivity (Wildman–Crippen MR) is 149 cm³/mol. The van der Waals surface area contributed by atoms with Crippen molar-refractivity contribution >= 4 is 23.0 Å². The third-order valence-electron chi connectivity index (χ3n) is 7.92. The van der Waals surface area contributed by atoms with Crippen LogP contribution in [0, 0.1) is 24.0 Å². The third kappa shape index (κ3) is 5.14. The van der Waals surface area contributed by atoms with Crippen LogP contribution in [0.5, 0.6) is 11.5 Å². The summed E-state index contributed by atoms with van der Waals surface area (Å²) in [6, 6.07) is 12.5. The van der Waals surface area contributed by atoms with Gasteiger partial charge in [-0.05, 0) is 54.8 Å². The minimum absolute atomic E-state index is 0.00125. The zero-order valence-corrected chi connectivity index (χ0v) is 22.4. The van der Waals surface area contributed by atoms with E-state index in [0.717, 1.165) is 49.8 Å². The number of hydrogen-bond acceptors (Lipinski definition) is 10. The van der Waals surface area contributed by atoms with Crippen LogP contribution in [-0.2, 0) is 6.54 Å². The largest absolute Gasteiger partial charge is 0.454 e. The maximum Gasteiger partial charge on any atom is 0.353 e. The molecule has 1 aromatic heterocycles. The SMILES string of the molecule is Cc1ccc(N2CCN(c3ncnc(N4CCN(Cc5ccc6c(c5)OCO6)CC4)c3[N+](=O)[O-])CC2)cc1C. The molecular weight excluding hydrogens is 498 g/mol. The fraction of sp³-hybridized carbons (Fsp3) is 0.429. The van der Waals surface area contributed by atoms with Gasteiger partial charge in [-0.1, -0.05) is 12.1 Å². The number of hydrogen-bond donors (Lipinski definition) is 0. The van der Waals surface area contributed by atoms with Crippen LogP contribution in [-0.4, -0.2) is 78.9 Å². The lowest BCUT2D eigenvalue weighted by atomic mass is 10.1. The molecule has 11 heteroatoms. The Kier molecular flexibility index (Phi) is 6.82. The molecule has 2 fully saturated rings. The fourth-order valence-corrected chi connectivity index (χ4v) is 5.50. The van der Waals surface area contributed by atoms with Gasteiger partial charge in [-0.25, -0.2) is 9.97 Å². The highest BCUT2D eigenvalue weighted by molar-refractivity contribution is 5.72. The summed E-state index contributed by atoms with van der Waals surface area (Å²) in [5, 5.41) is 12.3. The van der Waals surface area contributed by atoms with Gasteiger partial charge in [0.25, 0.3) is 0 Å². The van der Waals surface area contributed by atoms with Gasteiger partial charge in [0.2, 0.25) is 18.4 Å². The number of piperazine rings is 2. The summed E-state index contributed by atoms with van der Waals surface area (Å²) in [6.45, 7) is 11.0. The van der Waals surface area contributed by atoms with E-state index in [1.165, 1.54) is 23.1 Å². The van der Waals surface area contributed by atoms with Gasteiger partial charge in [0.1, 0.15) is 6.33 Å². The van der Waals surface area contributed by atoms with Crippen LogP contribution in [0.2, 0.25) is 0 Å². The van der Waals surface area contributed by atoms with Crippen LogP contribution in [0.3, 0.4) is 0 Å². The second kappa shape index (κ2) is 10.6. The van der Waals surface area contributed by atoms with Crippen molar-refractivity contribution in [1.82, 2.24) is 14.9 Å². The molecule has 3 aromatic rings. The number of nitro groups is 1. The van der Waals surface area contributed by atoms with Gasteiger partial charge in [0, 0.05) is 64.6 Å². The van der Waals surface area contributed by atoms with Crippen LogP contribution in [0.4, 0.5) is 23.0 Å². The molecule has 11 nitrogen and oxygen atoms in total. The van der Waals surface area contributed by atoms with E-state index < -0.39 is 0 Å².